The van der Waals surface area contributed by atoms with Crippen LogP contribution in [0.1, 0.15) is 26.2 Å². The molecule has 0 bridgehead atoms. The van der Waals surface area contributed by atoms with Gasteiger partial charge in [-0.25, -0.2) is 0 Å². The smallest absolute Gasteiger partial charge is 0.111 e. The average molecular weight is 252 g/mol. The van der Waals surface area contributed by atoms with Gasteiger partial charge < -0.3 is 20.6 Å². The molecule has 1 aliphatic rings. The second-order valence-electron chi connectivity index (χ2n) is 4.04. The van der Waals surface area contributed by atoms with Gasteiger partial charge in [0.05, 0.1) is 6.04 Å². The summed E-state index contributed by atoms with van der Waals surface area (Å²) in [5.41, 5.74) is 0. The summed E-state index contributed by atoms with van der Waals surface area (Å²) in [4.78, 5) is 0. The highest BCUT2D eigenvalue weighted by atomic mass is 35.5. The van der Waals surface area contributed by atoms with Gasteiger partial charge in [-0.15, -0.1) is 12.4 Å². The maximum absolute atomic E-state index is 9.64. The second kappa shape index (κ2) is 8.03. The standard InChI is InChI=1S/C11H21NO3.ClH/c1-2-3-4-7-12-8-5-6-9(13)11(15)10(8)14;/h5-6,8-15H,2-4,7H2,1H3;1H/t8-,9+,10+,11+;/m1./s1. The molecule has 0 aromatic carbocycles. The quantitative estimate of drug-likeness (QED) is 0.416. The number of unbranched alkanes of at least 4 members (excludes halogenated alkanes) is 2. The predicted molar refractivity (Wildman–Crippen MR) is 65.7 cm³/mol. The highest BCUT2D eigenvalue weighted by Gasteiger charge is 2.32. The summed E-state index contributed by atoms with van der Waals surface area (Å²) in [5, 5.41) is 31.5. The van der Waals surface area contributed by atoms with Gasteiger partial charge in [-0.1, -0.05) is 31.9 Å². The van der Waals surface area contributed by atoms with Crippen molar-refractivity contribution >= 4 is 12.4 Å². The van der Waals surface area contributed by atoms with Gasteiger partial charge >= 0.3 is 0 Å². The summed E-state index contributed by atoms with van der Waals surface area (Å²) < 4.78 is 0. The van der Waals surface area contributed by atoms with Gasteiger partial charge in [0.25, 0.3) is 0 Å². The van der Waals surface area contributed by atoms with E-state index < -0.39 is 18.3 Å². The zero-order valence-corrected chi connectivity index (χ0v) is 10.4. The van der Waals surface area contributed by atoms with E-state index in [9.17, 15) is 15.3 Å². The molecule has 0 spiro atoms. The van der Waals surface area contributed by atoms with Crippen LogP contribution >= 0.6 is 12.4 Å². The van der Waals surface area contributed by atoms with Gasteiger partial charge in [-0.3, -0.25) is 0 Å². The van der Waals surface area contributed by atoms with Crippen LogP contribution in [0.15, 0.2) is 12.2 Å². The molecule has 0 fully saturated rings. The number of aliphatic hydroxyl groups is 3. The van der Waals surface area contributed by atoms with Gasteiger partial charge in [-0.05, 0) is 13.0 Å². The van der Waals surface area contributed by atoms with Crippen molar-refractivity contribution in [1.29, 1.82) is 0 Å². The van der Waals surface area contributed by atoms with Crippen molar-refractivity contribution < 1.29 is 15.3 Å². The molecule has 4 nitrogen and oxygen atoms in total. The molecule has 0 amide bonds. The molecule has 1 rings (SSSR count). The molecular formula is C11H22ClNO3. The Balaban J connectivity index is 0.00000225. The van der Waals surface area contributed by atoms with Crippen molar-refractivity contribution in [1.82, 2.24) is 5.32 Å². The highest BCUT2D eigenvalue weighted by Crippen LogP contribution is 2.13. The van der Waals surface area contributed by atoms with Crippen molar-refractivity contribution in [3.8, 4) is 0 Å². The van der Waals surface area contributed by atoms with Crippen LogP contribution in [0, 0.1) is 0 Å². The van der Waals surface area contributed by atoms with E-state index in [4.69, 9.17) is 0 Å². The first kappa shape index (κ1) is 15.9. The second-order valence-corrected chi connectivity index (χ2v) is 4.04. The third kappa shape index (κ3) is 4.39. The van der Waals surface area contributed by atoms with Gasteiger partial charge in [0.1, 0.15) is 18.3 Å². The minimum atomic E-state index is -1.08. The van der Waals surface area contributed by atoms with E-state index >= 15 is 0 Å². The predicted octanol–water partition coefficient (Wildman–Crippen LogP) is 0.209. The summed E-state index contributed by atoms with van der Waals surface area (Å²) >= 11 is 0. The van der Waals surface area contributed by atoms with E-state index in [2.05, 4.69) is 12.2 Å². The Hall–Kier alpha value is -0.130. The van der Waals surface area contributed by atoms with Crippen molar-refractivity contribution in [3.05, 3.63) is 12.2 Å². The van der Waals surface area contributed by atoms with E-state index in [-0.39, 0.29) is 18.4 Å². The highest BCUT2D eigenvalue weighted by molar-refractivity contribution is 5.85. The lowest BCUT2D eigenvalue weighted by Crippen LogP contribution is -2.52. The number of rotatable bonds is 5. The summed E-state index contributed by atoms with van der Waals surface area (Å²) in [5.74, 6) is 0. The maximum Gasteiger partial charge on any atom is 0.111 e. The zero-order chi connectivity index (χ0) is 11.3. The molecule has 4 atom stereocenters. The normalized spacial score (nSPS) is 33.5. The van der Waals surface area contributed by atoms with Crippen LogP contribution < -0.4 is 5.32 Å². The first-order valence-electron chi connectivity index (χ1n) is 5.62. The van der Waals surface area contributed by atoms with Crippen molar-refractivity contribution in [2.45, 2.75) is 50.5 Å². The Kier molecular flexibility index (Phi) is 7.97. The third-order valence-electron chi connectivity index (χ3n) is 2.74. The summed E-state index contributed by atoms with van der Waals surface area (Å²) in [6.07, 6.45) is 3.66. The molecule has 0 aliphatic heterocycles. The number of hydrogen-bond donors (Lipinski definition) is 4. The minimum absolute atomic E-state index is 0. The number of nitrogens with one attached hydrogen (secondary N) is 1. The Labute approximate surface area is 103 Å². The molecule has 16 heavy (non-hydrogen) atoms. The van der Waals surface area contributed by atoms with Gasteiger partial charge in [0.2, 0.25) is 0 Å². The summed E-state index contributed by atoms with van der Waals surface area (Å²) in [6, 6.07) is -0.250. The lowest BCUT2D eigenvalue weighted by molar-refractivity contribution is -0.0564. The number of hydrogen-bond acceptors (Lipinski definition) is 4. The fourth-order valence-electron chi connectivity index (χ4n) is 1.71. The summed E-state index contributed by atoms with van der Waals surface area (Å²) in [6.45, 7) is 2.96. The van der Waals surface area contributed by atoms with E-state index in [1.807, 2.05) is 0 Å². The molecule has 0 aromatic rings. The molecule has 5 heteroatoms. The van der Waals surface area contributed by atoms with Crippen LogP contribution in [0.25, 0.3) is 0 Å². The molecule has 1 aliphatic carbocycles. The van der Waals surface area contributed by atoms with Crippen molar-refractivity contribution in [3.63, 3.8) is 0 Å². The van der Waals surface area contributed by atoms with Crippen LogP contribution in [0.3, 0.4) is 0 Å². The van der Waals surface area contributed by atoms with Crippen LogP contribution in [0.4, 0.5) is 0 Å². The topological polar surface area (TPSA) is 72.7 Å². The molecule has 96 valence electrons. The Morgan fingerprint density at radius 2 is 1.75 bits per heavy atom. The maximum atomic E-state index is 9.64. The fourth-order valence-corrected chi connectivity index (χ4v) is 1.71. The van der Waals surface area contributed by atoms with Crippen LogP contribution in [-0.2, 0) is 0 Å². The van der Waals surface area contributed by atoms with Gasteiger partial charge in [0, 0.05) is 0 Å². The van der Waals surface area contributed by atoms with Crippen LogP contribution in [0.5, 0.6) is 0 Å². The lowest BCUT2D eigenvalue weighted by Gasteiger charge is -2.31. The molecular weight excluding hydrogens is 230 g/mol. The monoisotopic (exact) mass is 251 g/mol. The van der Waals surface area contributed by atoms with Crippen molar-refractivity contribution in [2.24, 2.45) is 0 Å². The molecule has 0 unspecified atom stereocenters. The largest absolute Gasteiger partial charge is 0.388 e. The molecule has 0 aromatic heterocycles. The first-order valence-corrected chi connectivity index (χ1v) is 5.62. The minimum Gasteiger partial charge on any atom is -0.388 e. The Morgan fingerprint density at radius 3 is 2.38 bits per heavy atom. The average Bonchev–Trinajstić information content (AvgIpc) is 2.24. The Bertz CT molecular complexity index is 213. The first-order chi connectivity index (χ1) is 7.16. The zero-order valence-electron chi connectivity index (χ0n) is 9.54. The van der Waals surface area contributed by atoms with E-state index in [1.165, 1.54) is 6.08 Å². The lowest BCUT2D eigenvalue weighted by atomic mass is 9.94. The number of aliphatic hydroxyl groups excluding tert-OH is 3. The SMILES string of the molecule is CCCCCN[C@@H]1C=C[C@H](O)[C@H](O)[C@H]1O.Cl. The van der Waals surface area contributed by atoms with Gasteiger partial charge in [-0.2, -0.15) is 0 Å². The fraction of sp³-hybridized carbons (Fsp3) is 0.818. The van der Waals surface area contributed by atoms with Crippen LogP contribution in [-0.4, -0.2) is 46.2 Å². The molecule has 4 N–H and O–H groups in total. The Morgan fingerprint density at radius 1 is 1.06 bits per heavy atom. The van der Waals surface area contributed by atoms with E-state index in [0.717, 1.165) is 25.8 Å². The molecule has 0 saturated heterocycles. The number of halogens is 1. The molecule has 0 saturated carbocycles. The van der Waals surface area contributed by atoms with E-state index in [0.29, 0.717) is 0 Å². The molecule has 0 heterocycles. The van der Waals surface area contributed by atoms with E-state index in [1.54, 1.807) is 6.08 Å². The van der Waals surface area contributed by atoms with Crippen LogP contribution in [0.2, 0.25) is 0 Å². The molecule has 0 radical (unpaired) electrons. The van der Waals surface area contributed by atoms with Gasteiger partial charge in [0.15, 0.2) is 0 Å². The summed E-state index contributed by atoms with van der Waals surface area (Å²) in [7, 11) is 0. The third-order valence-corrected chi connectivity index (χ3v) is 2.74. The van der Waals surface area contributed by atoms with Crippen molar-refractivity contribution in [2.75, 3.05) is 6.54 Å².